The fourth-order valence-electron chi connectivity index (χ4n) is 2.61. The van der Waals surface area contributed by atoms with Crippen molar-refractivity contribution in [1.82, 2.24) is 15.5 Å². The smallest absolute Gasteiger partial charge is 0.407 e. The van der Waals surface area contributed by atoms with Gasteiger partial charge in [0, 0.05) is 26.1 Å². The molecule has 0 atom stereocenters. The van der Waals surface area contributed by atoms with Gasteiger partial charge in [-0.2, -0.15) is 0 Å². The number of nitrogens with one attached hydrogen (secondary N) is 2. The van der Waals surface area contributed by atoms with Crippen LogP contribution in [-0.2, 0) is 9.53 Å². The third kappa shape index (κ3) is 5.80. The number of rotatable bonds is 7. The molecule has 2 rings (SSSR count). The lowest BCUT2D eigenvalue weighted by Crippen LogP contribution is -2.38. The van der Waals surface area contributed by atoms with E-state index in [-0.39, 0.29) is 43.8 Å². The molecule has 1 aromatic carbocycles. The van der Waals surface area contributed by atoms with Gasteiger partial charge in [-0.15, -0.1) is 0 Å². The molecule has 0 saturated heterocycles. The highest BCUT2D eigenvalue weighted by Crippen LogP contribution is 2.22. The van der Waals surface area contributed by atoms with E-state index in [9.17, 15) is 19.2 Å². The highest BCUT2D eigenvalue weighted by molar-refractivity contribution is 6.21. The summed E-state index contributed by atoms with van der Waals surface area (Å²) in [4.78, 5) is 48.9. The molecule has 146 valence electrons. The van der Waals surface area contributed by atoms with Gasteiger partial charge in [0.25, 0.3) is 11.8 Å². The van der Waals surface area contributed by atoms with Crippen LogP contribution >= 0.6 is 0 Å². The van der Waals surface area contributed by atoms with Crippen molar-refractivity contribution in [3.05, 3.63) is 35.4 Å². The minimum absolute atomic E-state index is 0.180. The van der Waals surface area contributed by atoms with Gasteiger partial charge in [0.1, 0.15) is 5.60 Å². The molecular weight excluding hydrogens is 350 g/mol. The van der Waals surface area contributed by atoms with Crippen molar-refractivity contribution in [3.63, 3.8) is 0 Å². The van der Waals surface area contributed by atoms with Gasteiger partial charge in [-0.25, -0.2) is 4.79 Å². The molecule has 0 bridgehead atoms. The number of alkyl carbamates (subject to hydrolysis) is 1. The number of hydrogen-bond donors (Lipinski definition) is 2. The summed E-state index contributed by atoms with van der Waals surface area (Å²) in [6.45, 7) is 6.01. The van der Waals surface area contributed by atoms with Crippen LogP contribution in [0.1, 0.15) is 54.3 Å². The van der Waals surface area contributed by atoms with Crippen LogP contribution in [-0.4, -0.2) is 54.0 Å². The zero-order chi connectivity index (χ0) is 20.0. The number of imide groups is 1. The standard InChI is InChI=1S/C19H25N3O5/c1-19(2,3)27-18(26)21-11-10-20-15(23)9-6-12-22-16(24)13-7-4-5-8-14(13)17(22)25/h4-5,7-8H,6,9-12H2,1-3H3,(H,20,23)(H,21,26). The lowest BCUT2D eigenvalue weighted by Gasteiger charge is -2.19. The van der Waals surface area contributed by atoms with Crippen molar-refractivity contribution in [2.45, 2.75) is 39.2 Å². The van der Waals surface area contributed by atoms with E-state index in [1.807, 2.05) is 0 Å². The van der Waals surface area contributed by atoms with Gasteiger partial charge in [-0.3, -0.25) is 19.3 Å². The maximum atomic E-state index is 12.2. The van der Waals surface area contributed by atoms with Gasteiger partial charge >= 0.3 is 6.09 Å². The van der Waals surface area contributed by atoms with Gasteiger partial charge in [-0.05, 0) is 39.3 Å². The van der Waals surface area contributed by atoms with Crippen LogP contribution in [0.4, 0.5) is 4.79 Å². The van der Waals surface area contributed by atoms with Crippen LogP contribution < -0.4 is 10.6 Å². The van der Waals surface area contributed by atoms with Crippen molar-refractivity contribution in [2.75, 3.05) is 19.6 Å². The Morgan fingerprint density at radius 3 is 2.11 bits per heavy atom. The first-order chi connectivity index (χ1) is 12.7. The van der Waals surface area contributed by atoms with Crippen molar-refractivity contribution in [3.8, 4) is 0 Å². The van der Waals surface area contributed by atoms with Crippen LogP contribution in [0.3, 0.4) is 0 Å². The van der Waals surface area contributed by atoms with Crippen LogP contribution in [0.15, 0.2) is 24.3 Å². The maximum Gasteiger partial charge on any atom is 0.407 e. The van der Waals surface area contributed by atoms with E-state index in [0.29, 0.717) is 17.5 Å². The minimum Gasteiger partial charge on any atom is -0.444 e. The second-order valence-corrected chi connectivity index (χ2v) is 7.19. The largest absolute Gasteiger partial charge is 0.444 e. The summed E-state index contributed by atoms with van der Waals surface area (Å²) in [6.07, 6.45) is 0.0128. The van der Waals surface area contributed by atoms with Gasteiger partial charge in [0.05, 0.1) is 11.1 Å². The van der Waals surface area contributed by atoms with Gasteiger partial charge in [-0.1, -0.05) is 12.1 Å². The second-order valence-electron chi connectivity index (χ2n) is 7.19. The molecule has 1 aliphatic heterocycles. The second kappa shape index (κ2) is 8.66. The summed E-state index contributed by atoms with van der Waals surface area (Å²) in [6, 6.07) is 6.68. The summed E-state index contributed by atoms with van der Waals surface area (Å²) in [7, 11) is 0. The summed E-state index contributed by atoms with van der Waals surface area (Å²) in [5.41, 5.74) is 0.234. The van der Waals surface area contributed by atoms with E-state index < -0.39 is 11.7 Å². The molecule has 8 nitrogen and oxygen atoms in total. The molecular formula is C19H25N3O5. The van der Waals surface area contributed by atoms with E-state index in [4.69, 9.17) is 4.74 Å². The van der Waals surface area contributed by atoms with Crippen LogP contribution in [0.2, 0.25) is 0 Å². The molecule has 0 radical (unpaired) electrons. The van der Waals surface area contributed by atoms with E-state index in [0.717, 1.165) is 0 Å². The van der Waals surface area contributed by atoms with Crippen LogP contribution in [0.5, 0.6) is 0 Å². The summed E-state index contributed by atoms with van der Waals surface area (Å²) < 4.78 is 5.08. The summed E-state index contributed by atoms with van der Waals surface area (Å²) >= 11 is 0. The topological polar surface area (TPSA) is 105 Å². The Labute approximate surface area is 158 Å². The third-order valence-corrected chi connectivity index (χ3v) is 3.78. The Hall–Kier alpha value is -2.90. The molecule has 1 aliphatic rings. The molecule has 27 heavy (non-hydrogen) atoms. The first-order valence-electron chi connectivity index (χ1n) is 8.88. The molecule has 2 N–H and O–H groups in total. The van der Waals surface area contributed by atoms with E-state index in [1.54, 1.807) is 45.0 Å². The number of amides is 4. The van der Waals surface area contributed by atoms with E-state index in [1.165, 1.54) is 4.90 Å². The molecule has 1 heterocycles. The minimum atomic E-state index is -0.572. The molecule has 4 amide bonds. The Balaban J connectivity index is 1.64. The fourth-order valence-corrected chi connectivity index (χ4v) is 2.61. The summed E-state index contributed by atoms with van der Waals surface area (Å²) in [5, 5.41) is 5.21. The molecule has 0 spiro atoms. The number of hydrogen-bond acceptors (Lipinski definition) is 5. The van der Waals surface area contributed by atoms with Gasteiger partial charge in [0.2, 0.25) is 5.91 Å². The van der Waals surface area contributed by atoms with Crippen molar-refractivity contribution in [2.24, 2.45) is 0 Å². The first kappa shape index (κ1) is 20.4. The number of fused-ring (bicyclic) bond motifs is 1. The Morgan fingerprint density at radius 1 is 1.00 bits per heavy atom. The zero-order valence-electron chi connectivity index (χ0n) is 15.8. The average Bonchev–Trinajstić information content (AvgIpc) is 2.82. The maximum absolute atomic E-state index is 12.2. The third-order valence-electron chi connectivity index (χ3n) is 3.78. The SMILES string of the molecule is CC(C)(C)OC(=O)NCCNC(=O)CCCN1C(=O)c2ccccc2C1=O. The Morgan fingerprint density at radius 2 is 1.56 bits per heavy atom. The molecule has 0 saturated carbocycles. The fraction of sp³-hybridized carbons (Fsp3) is 0.474. The predicted molar refractivity (Wildman–Crippen MR) is 98.3 cm³/mol. The van der Waals surface area contributed by atoms with Gasteiger partial charge < -0.3 is 15.4 Å². The van der Waals surface area contributed by atoms with E-state index >= 15 is 0 Å². The normalized spacial score (nSPS) is 13.4. The number of benzene rings is 1. The number of nitrogens with zero attached hydrogens (tertiary/aromatic N) is 1. The average molecular weight is 375 g/mol. The van der Waals surface area contributed by atoms with Gasteiger partial charge in [0.15, 0.2) is 0 Å². The van der Waals surface area contributed by atoms with Crippen LogP contribution in [0.25, 0.3) is 0 Å². The lowest BCUT2D eigenvalue weighted by molar-refractivity contribution is -0.121. The van der Waals surface area contributed by atoms with Crippen LogP contribution in [0, 0.1) is 0 Å². The zero-order valence-corrected chi connectivity index (χ0v) is 15.8. The predicted octanol–water partition coefficient (Wildman–Crippen LogP) is 1.70. The lowest BCUT2D eigenvalue weighted by atomic mass is 10.1. The van der Waals surface area contributed by atoms with Crippen molar-refractivity contribution < 1.29 is 23.9 Å². The summed E-state index contributed by atoms with van der Waals surface area (Å²) in [5.74, 6) is -0.854. The first-order valence-corrected chi connectivity index (χ1v) is 8.88. The Bertz CT molecular complexity index is 704. The number of carbonyl (C=O) groups is 4. The highest BCUT2D eigenvalue weighted by Gasteiger charge is 2.34. The van der Waals surface area contributed by atoms with Crippen molar-refractivity contribution in [1.29, 1.82) is 0 Å². The number of carbonyl (C=O) groups excluding carboxylic acids is 4. The molecule has 0 aromatic heterocycles. The molecule has 0 aliphatic carbocycles. The molecule has 8 heteroatoms. The molecule has 1 aromatic rings. The Kier molecular flexibility index (Phi) is 6.55. The quantitative estimate of drug-likeness (QED) is 0.558. The monoisotopic (exact) mass is 375 g/mol. The molecule has 0 unspecified atom stereocenters. The number of ether oxygens (including phenoxy) is 1. The van der Waals surface area contributed by atoms with E-state index in [2.05, 4.69) is 10.6 Å². The molecule has 0 fully saturated rings. The van der Waals surface area contributed by atoms with Crippen molar-refractivity contribution >= 4 is 23.8 Å². The highest BCUT2D eigenvalue weighted by atomic mass is 16.6.